The Hall–Kier alpha value is -0.870. The Bertz CT molecular complexity index is 253. The maximum Gasteiger partial charge on any atom is 0.234 e. The summed E-state index contributed by atoms with van der Waals surface area (Å²) >= 11 is 0. The van der Waals surface area contributed by atoms with Gasteiger partial charge in [-0.15, -0.1) is 0 Å². The molecule has 4 heteroatoms. The molecule has 1 rings (SSSR count). The lowest BCUT2D eigenvalue weighted by atomic mass is 10.1. The highest BCUT2D eigenvalue weighted by atomic mass is 16.2. The van der Waals surface area contributed by atoms with E-state index in [2.05, 4.69) is 29.3 Å². The second-order valence-electron chi connectivity index (χ2n) is 4.37. The summed E-state index contributed by atoms with van der Waals surface area (Å²) in [6.07, 6.45) is 6.21. The van der Waals surface area contributed by atoms with E-state index in [1.54, 1.807) is 0 Å². The van der Waals surface area contributed by atoms with Crippen LogP contribution < -0.4 is 11.1 Å². The predicted molar refractivity (Wildman–Crippen MR) is 66.1 cm³/mol. The summed E-state index contributed by atoms with van der Waals surface area (Å²) in [6.45, 7) is 6.04. The number of rotatable bonds is 5. The van der Waals surface area contributed by atoms with Crippen molar-refractivity contribution in [2.75, 3.05) is 19.6 Å². The smallest absolute Gasteiger partial charge is 0.234 e. The molecule has 0 aromatic heterocycles. The second kappa shape index (κ2) is 6.66. The Morgan fingerprint density at radius 1 is 1.69 bits per heavy atom. The molecular formula is C12H23N3O. The quantitative estimate of drug-likeness (QED) is 0.670. The van der Waals surface area contributed by atoms with Crippen LogP contribution in [0.3, 0.4) is 0 Å². The molecule has 0 aliphatic carbocycles. The van der Waals surface area contributed by atoms with E-state index in [0.29, 0.717) is 13.1 Å². The molecule has 0 aromatic carbocycles. The molecule has 0 saturated carbocycles. The number of nitrogens with two attached hydrogens (primary N) is 1. The van der Waals surface area contributed by atoms with E-state index in [-0.39, 0.29) is 18.0 Å². The lowest BCUT2D eigenvalue weighted by molar-refractivity contribution is -0.123. The first-order valence-electron chi connectivity index (χ1n) is 6.07. The van der Waals surface area contributed by atoms with Gasteiger partial charge in [0.2, 0.25) is 5.91 Å². The molecule has 3 N–H and O–H groups in total. The fraction of sp³-hybridized carbons (Fsp3) is 0.750. The average molecular weight is 225 g/mol. The first kappa shape index (κ1) is 13.2. The van der Waals surface area contributed by atoms with Gasteiger partial charge in [-0.3, -0.25) is 9.69 Å². The fourth-order valence-corrected chi connectivity index (χ4v) is 1.81. The van der Waals surface area contributed by atoms with Gasteiger partial charge >= 0.3 is 0 Å². The van der Waals surface area contributed by atoms with Crippen molar-refractivity contribution in [3.05, 3.63) is 12.2 Å². The van der Waals surface area contributed by atoms with Gasteiger partial charge in [0.05, 0.1) is 6.54 Å². The number of carbonyl (C=O) groups excluding carboxylic acids is 1. The number of amides is 1. The largest absolute Gasteiger partial charge is 0.353 e. The van der Waals surface area contributed by atoms with E-state index in [1.165, 1.54) is 0 Å². The normalized spacial score (nSPS) is 23.1. The van der Waals surface area contributed by atoms with Gasteiger partial charge in [0.15, 0.2) is 0 Å². The van der Waals surface area contributed by atoms with Crippen LogP contribution in [0.2, 0.25) is 0 Å². The van der Waals surface area contributed by atoms with Crippen molar-refractivity contribution in [1.29, 1.82) is 0 Å². The molecular weight excluding hydrogens is 202 g/mol. The van der Waals surface area contributed by atoms with Gasteiger partial charge in [-0.25, -0.2) is 0 Å². The molecule has 0 spiro atoms. The molecule has 1 amide bonds. The van der Waals surface area contributed by atoms with Gasteiger partial charge in [-0.05, 0) is 19.8 Å². The highest BCUT2D eigenvalue weighted by Crippen LogP contribution is 2.08. The van der Waals surface area contributed by atoms with Crippen LogP contribution in [0.5, 0.6) is 0 Å². The molecule has 1 aliphatic heterocycles. The van der Waals surface area contributed by atoms with Crippen LogP contribution in [-0.2, 0) is 4.79 Å². The summed E-state index contributed by atoms with van der Waals surface area (Å²) in [4.78, 5) is 13.9. The van der Waals surface area contributed by atoms with Crippen LogP contribution in [-0.4, -0.2) is 42.5 Å². The van der Waals surface area contributed by atoms with Gasteiger partial charge in [0, 0.05) is 25.2 Å². The third-order valence-electron chi connectivity index (χ3n) is 3.02. The van der Waals surface area contributed by atoms with Crippen LogP contribution in [0.1, 0.15) is 26.7 Å². The molecule has 0 fully saturated rings. The topological polar surface area (TPSA) is 58.4 Å². The SMILES string of the molecule is CCC(C)NC(=O)CN1CCC=CC1CN. The van der Waals surface area contributed by atoms with Crippen LogP contribution in [0, 0.1) is 0 Å². The Kier molecular flexibility index (Phi) is 5.49. The van der Waals surface area contributed by atoms with Crippen molar-refractivity contribution in [2.45, 2.75) is 38.8 Å². The molecule has 0 bridgehead atoms. The lowest BCUT2D eigenvalue weighted by Crippen LogP contribution is -2.48. The minimum atomic E-state index is 0.100. The molecule has 16 heavy (non-hydrogen) atoms. The van der Waals surface area contributed by atoms with Crippen LogP contribution in [0.15, 0.2) is 12.2 Å². The maximum atomic E-state index is 11.7. The molecule has 2 unspecified atom stereocenters. The summed E-state index contributed by atoms with van der Waals surface area (Å²) in [5.41, 5.74) is 5.67. The third-order valence-corrected chi connectivity index (χ3v) is 3.02. The monoisotopic (exact) mass is 225 g/mol. The van der Waals surface area contributed by atoms with E-state index < -0.39 is 0 Å². The lowest BCUT2D eigenvalue weighted by Gasteiger charge is -2.31. The van der Waals surface area contributed by atoms with Crippen molar-refractivity contribution < 1.29 is 4.79 Å². The highest BCUT2D eigenvalue weighted by Gasteiger charge is 2.19. The van der Waals surface area contributed by atoms with Gasteiger partial charge in [-0.1, -0.05) is 19.1 Å². The van der Waals surface area contributed by atoms with Crippen molar-refractivity contribution in [1.82, 2.24) is 10.2 Å². The van der Waals surface area contributed by atoms with Gasteiger partial charge in [-0.2, -0.15) is 0 Å². The fourth-order valence-electron chi connectivity index (χ4n) is 1.81. The van der Waals surface area contributed by atoms with E-state index in [4.69, 9.17) is 5.73 Å². The molecule has 2 atom stereocenters. The van der Waals surface area contributed by atoms with Crippen molar-refractivity contribution in [3.63, 3.8) is 0 Å². The van der Waals surface area contributed by atoms with Crippen molar-refractivity contribution >= 4 is 5.91 Å². The minimum Gasteiger partial charge on any atom is -0.353 e. The number of carbonyl (C=O) groups is 1. The Morgan fingerprint density at radius 3 is 3.06 bits per heavy atom. The Balaban J connectivity index is 2.40. The zero-order valence-corrected chi connectivity index (χ0v) is 10.3. The van der Waals surface area contributed by atoms with Crippen molar-refractivity contribution in [3.8, 4) is 0 Å². The maximum absolute atomic E-state index is 11.7. The summed E-state index contributed by atoms with van der Waals surface area (Å²) in [5.74, 6) is 0.100. The molecule has 4 nitrogen and oxygen atoms in total. The molecule has 0 saturated heterocycles. The standard InChI is InChI=1S/C12H23N3O/c1-3-10(2)14-12(16)9-15-7-5-4-6-11(15)8-13/h4,6,10-11H,3,5,7-9,13H2,1-2H3,(H,14,16). The zero-order chi connectivity index (χ0) is 12.0. The predicted octanol–water partition coefficient (Wildman–Crippen LogP) is 0.490. The van der Waals surface area contributed by atoms with Crippen molar-refractivity contribution in [2.24, 2.45) is 5.73 Å². The second-order valence-corrected chi connectivity index (χ2v) is 4.37. The molecule has 0 aromatic rings. The van der Waals surface area contributed by atoms with E-state index in [0.717, 1.165) is 19.4 Å². The Morgan fingerprint density at radius 2 is 2.44 bits per heavy atom. The first-order valence-corrected chi connectivity index (χ1v) is 6.07. The minimum absolute atomic E-state index is 0.100. The van der Waals surface area contributed by atoms with Gasteiger partial charge < -0.3 is 11.1 Å². The number of nitrogens with zero attached hydrogens (tertiary/aromatic N) is 1. The molecule has 92 valence electrons. The highest BCUT2D eigenvalue weighted by molar-refractivity contribution is 5.78. The summed E-state index contributed by atoms with van der Waals surface area (Å²) in [5, 5.41) is 2.98. The first-order chi connectivity index (χ1) is 7.67. The number of hydrogen-bond donors (Lipinski definition) is 2. The summed E-state index contributed by atoms with van der Waals surface area (Å²) in [6, 6.07) is 0.473. The van der Waals surface area contributed by atoms with Gasteiger partial charge in [0.1, 0.15) is 0 Å². The van der Waals surface area contributed by atoms with Crippen LogP contribution in [0.4, 0.5) is 0 Å². The Labute approximate surface area is 97.9 Å². The van der Waals surface area contributed by atoms with E-state index in [1.807, 2.05) is 6.92 Å². The molecule has 1 aliphatic rings. The van der Waals surface area contributed by atoms with Gasteiger partial charge in [0.25, 0.3) is 0 Å². The number of hydrogen-bond acceptors (Lipinski definition) is 3. The van der Waals surface area contributed by atoms with Crippen LogP contribution >= 0.6 is 0 Å². The van der Waals surface area contributed by atoms with E-state index in [9.17, 15) is 4.79 Å². The zero-order valence-electron chi connectivity index (χ0n) is 10.3. The summed E-state index contributed by atoms with van der Waals surface area (Å²) in [7, 11) is 0. The average Bonchev–Trinajstić information content (AvgIpc) is 2.29. The molecule has 1 heterocycles. The van der Waals surface area contributed by atoms with E-state index >= 15 is 0 Å². The number of nitrogens with one attached hydrogen (secondary N) is 1. The van der Waals surface area contributed by atoms with Crippen LogP contribution in [0.25, 0.3) is 0 Å². The third kappa shape index (κ3) is 3.94. The molecule has 0 radical (unpaired) electrons. The summed E-state index contributed by atoms with van der Waals surface area (Å²) < 4.78 is 0.